The van der Waals surface area contributed by atoms with Crippen LogP contribution in [0.25, 0.3) is 5.65 Å². The second-order valence-electron chi connectivity index (χ2n) is 7.15. The van der Waals surface area contributed by atoms with E-state index in [0.717, 1.165) is 6.07 Å². The van der Waals surface area contributed by atoms with Gasteiger partial charge in [-0.15, -0.1) is 0 Å². The van der Waals surface area contributed by atoms with Crippen LogP contribution in [-0.2, 0) is 14.9 Å². The lowest BCUT2D eigenvalue weighted by Crippen LogP contribution is -2.22. The molecule has 1 fully saturated rings. The number of halogens is 2. The van der Waals surface area contributed by atoms with E-state index in [2.05, 4.69) is 15.3 Å². The fraction of sp³-hybridized carbons (Fsp3) is 0.333. The fourth-order valence-corrected chi connectivity index (χ4v) is 3.39. The van der Waals surface area contributed by atoms with Crippen molar-refractivity contribution in [3.05, 3.63) is 53.7 Å². The number of carbonyl (C=O) groups excluding carboxylic acids is 2. The maximum atomic E-state index is 12.9. The molecular weight excluding hydrogens is 410 g/mol. The first kappa shape index (κ1) is 20.7. The Kier molecular flexibility index (Phi) is 5.30. The molecule has 0 aromatic carbocycles. The predicted molar refractivity (Wildman–Crippen MR) is 106 cm³/mol. The van der Waals surface area contributed by atoms with E-state index in [1.54, 1.807) is 29.8 Å². The molecule has 1 saturated carbocycles. The van der Waals surface area contributed by atoms with E-state index < -0.39 is 23.4 Å². The van der Waals surface area contributed by atoms with Crippen molar-refractivity contribution >= 4 is 23.2 Å². The molecule has 0 saturated heterocycles. The third-order valence-electron chi connectivity index (χ3n) is 5.15. The summed E-state index contributed by atoms with van der Waals surface area (Å²) in [6.45, 7) is 2.12. The summed E-state index contributed by atoms with van der Waals surface area (Å²) in [5.41, 5.74) is 0.0611. The van der Waals surface area contributed by atoms with Crippen molar-refractivity contribution < 1.29 is 27.8 Å². The van der Waals surface area contributed by atoms with Gasteiger partial charge in [0.2, 0.25) is 0 Å². The van der Waals surface area contributed by atoms with Gasteiger partial charge in [-0.2, -0.15) is 0 Å². The number of amides is 1. The average molecular weight is 430 g/mol. The Morgan fingerprint density at radius 2 is 2.03 bits per heavy atom. The number of aromatic nitrogens is 3. The molecular formula is C21H20F2N4O4. The van der Waals surface area contributed by atoms with E-state index in [0.29, 0.717) is 42.2 Å². The van der Waals surface area contributed by atoms with Crippen LogP contribution < -0.4 is 10.1 Å². The lowest BCUT2D eigenvalue weighted by molar-refractivity contribution is -0.143. The molecule has 3 heterocycles. The SMILES string of the molecule is CCOc1cc2nc(C3(C(=O)OC)CC3)cn2cc1NC(=O)c1cccc(C(F)F)n1. The van der Waals surface area contributed by atoms with Crippen LogP contribution in [0.2, 0.25) is 0 Å². The first-order chi connectivity index (χ1) is 14.9. The van der Waals surface area contributed by atoms with Crippen LogP contribution in [0.5, 0.6) is 5.75 Å². The van der Waals surface area contributed by atoms with Crippen LogP contribution in [0.15, 0.2) is 36.7 Å². The molecule has 0 atom stereocenters. The number of hydrogen-bond acceptors (Lipinski definition) is 6. The van der Waals surface area contributed by atoms with Gasteiger partial charge in [-0.3, -0.25) is 9.59 Å². The summed E-state index contributed by atoms with van der Waals surface area (Å²) in [6.07, 6.45) is 1.83. The van der Waals surface area contributed by atoms with Gasteiger partial charge in [-0.05, 0) is 31.9 Å². The molecule has 0 bridgehead atoms. The molecule has 3 aromatic heterocycles. The minimum absolute atomic E-state index is 0.144. The lowest BCUT2D eigenvalue weighted by Gasteiger charge is -2.12. The highest BCUT2D eigenvalue weighted by atomic mass is 19.3. The van der Waals surface area contributed by atoms with Gasteiger partial charge in [0.05, 0.1) is 19.4 Å². The molecule has 4 rings (SSSR count). The van der Waals surface area contributed by atoms with Crippen LogP contribution in [0.1, 0.15) is 48.1 Å². The minimum atomic E-state index is -2.78. The molecule has 1 N–H and O–H groups in total. The molecule has 1 aliphatic carbocycles. The van der Waals surface area contributed by atoms with E-state index >= 15 is 0 Å². The van der Waals surface area contributed by atoms with E-state index in [-0.39, 0.29) is 11.7 Å². The molecule has 1 amide bonds. The van der Waals surface area contributed by atoms with Crippen LogP contribution in [0.3, 0.4) is 0 Å². The van der Waals surface area contributed by atoms with Gasteiger partial charge < -0.3 is 19.2 Å². The van der Waals surface area contributed by atoms with Gasteiger partial charge in [0, 0.05) is 18.5 Å². The number of hydrogen-bond donors (Lipinski definition) is 1. The van der Waals surface area contributed by atoms with Crippen LogP contribution in [-0.4, -0.2) is 40.0 Å². The maximum Gasteiger partial charge on any atom is 0.317 e. The van der Waals surface area contributed by atoms with Gasteiger partial charge in [0.25, 0.3) is 12.3 Å². The molecule has 31 heavy (non-hydrogen) atoms. The van der Waals surface area contributed by atoms with Gasteiger partial charge in [0.15, 0.2) is 0 Å². The Morgan fingerprint density at radius 1 is 1.26 bits per heavy atom. The molecule has 10 heteroatoms. The van der Waals surface area contributed by atoms with Crippen LogP contribution >= 0.6 is 0 Å². The minimum Gasteiger partial charge on any atom is -0.491 e. The van der Waals surface area contributed by atoms with Crippen molar-refractivity contribution in [3.63, 3.8) is 0 Å². The number of alkyl halides is 2. The molecule has 162 valence electrons. The number of methoxy groups -OCH3 is 1. The third-order valence-corrected chi connectivity index (χ3v) is 5.15. The van der Waals surface area contributed by atoms with Gasteiger partial charge >= 0.3 is 5.97 Å². The van der Waals surface area contributed by atoms with Crippen molar-refractivity contribution in [1.29, 1.82) is 0 Å². The van der Waals surface area contributed by atoms with E-state index in [1.165, 1.54) is 19.2 Å². The highest BCUT2D eigenvalue weighted by Crippen LogP contribution is 2.48. The zero-order chi connectivity index (χ0) is 22.2. The number of anilines is 1. The quantitative estimate of drug-likeness (QED) is 0.577. The first-order valence-corrected chi connectivity index (χ1v) is 9.69. The number of rotatable bonds is 7. The standard InChI is InChI=1S/C21H20F2N4O4/c1-3-31-15-9-17-26-16(21(7-8-21)20(29)30-2)11-27(17)10-14(15)25-19(28)13-6-4-5-12(24-13)18(22)23/h4-6,9-11,18H,3,7-8H2,1-2H3,(H,25,28). The summed E-state index contributed by atoms with van der Waals surface area (Å²) in [6, 6.07) is 5.49. The molecule has 3 aromatic rings. The first-order valence-electron chi connectivity index (χ1n) is 9.69. The number of imidazole rings is 1. The zero-order valence-electron chi connectivity index (χ0n) is 16.9. The number of nitrogens with one attached hydrogen (secondary N) is 1. The second kappa shape index (κ2) is 7.93. The Balaban J connectivity index is 1.68. The Hall–Kier alpha value is -3.56. The van der Waals surface area contributed by atoms with Crippen molar-refractivity contribution in [2.75, 3.05) is 19.0 Å². The number of ether oxygens (including phenoxy) is 2. The van der Waals surface area contributed by atoms with Crippen molar-refractivity contribution in [3.8, 4) is 5.75 Å². The van der Waals surface area contributed by atoms with Gasteiger partial charge in [-0.1, -0.05) is 6.07 Å². The monoisotopic (exact) mass is 430 g/mol. The Bertz CT molecular complexity index is 1160. The van der Waals surface area contributed by atoms with Crippen LogP contribution in [0, 0.1) is 0 Å². The number of nitrogens with zero attached hydrogens (tertiary/aromatic N) is 3. The lowest BCUT2D eigenvalue weighted by atomic mass is 10.0. The summed E-state index contributed by atoms with van der Waals surface area (Å²) < 4.78 is 38.0. The molecule has 0 unspecified atom stereocenters. The Labute approximate surface area is 176 Å². The summed E-state index contributed by atoms with van der Waals surface area (Å²) in [4.78, 5) is 33.0. The summed E-state index contributed by atoms with van der Waals surface area (Å²) >= 11 is 0. The third kappa shape index (κ3) is 3.80. The van der Waals surface area contributed by atoms with E-state index in [9.17, 15) is 18.4 Å². The smallest absolute Gasteiger partial charge is 0.317 e. The Morgan fingerprint density at radius 3 is 2.68 bits per heavy atom. The predicted octanol–water partition coefficient (Wildman–Crippen LogP) is 3.52. The molecule has 8 nitrogen and oxygen atoms in total. The van der Waals surface area contributed by atoms with Crippen molar-refractivity contribution in [1.82, 2.24) is 14.4 Å². The topological polar surface area (TPSA) is 94.8 Å². The van der Waals surface area contributed by atoms with Crippen molar-refractivity contribution in [2.24, 2.45) is 0 Å². The van der Waals surface area contributed by atoms with Gasteiger partial charge in [-0.25, -0.2) is 18.7 Å². The summed E-state index contributed by atoms with van der Waals surface area (Å²) in [7, 11) is 1.34. The highest BCUT2D eigenvalue weighted by Gasteiger charge is 2.54. The van der Waals surface area contributed by atoms with Crippen LogP contribution in [0.4, 0.5) is 14.5 Å². The molecule has 0 spiro atoms. The molecule has 1 aliphatic rings. The summed E-state index contributed by atoms with van der Waals surface area (Å²) in [5, 5.41) is 2.66. The second-order valence-corrected chi connectivity index (χ2v) is 7.15. The number of esters is 1. The molecule has 0 radical (unpaired) electrons. The van der Waals surface area contributed by atoms with E-state index in [1.807, 2.05) is 0 Å². The van der Waals surface area contributed by atoms with Crippen molar-refractivity contribution in [2.45, 2.75) is 31.6 Å². The highest BCUT2D eigenvalue weighted by molar-refractivity contribution is 6.03. The normalized spacial score (nSPS) is 14.5. The molecule has 0 aliphatic heterocycles. The zero-order valence-corrected chi connectivity index (χ0v) is 16.9. The van der Waals surface area contributed by atoms with E-state index in [4.69, 9.17) is 9.47 Å². The number of carbonyl (C=O) groups is 2. The van der Waals surface area contributed by atoms with Gasteiger partial charge in [0.1, 0.15) is 33.9 Å². The number of pyridine rings is 2. The fourth-order valence-electron chi connectivity index (χ4n) is 3.39. The largest absolute Gasteiger partial charge is 0.491 e. The summed E-state index contributed by atoms with van der Waals surface area (Å²) in [5.74, 6) is -0.635. The average Bonchev–Trinajstić information content (AvgIpc) is 3.48. The maximum absolute atomic E-state index is 12.9. The number of fused-ring (bicyclic) bond motifs is 1.